The molecule has 18 heavy (non-hydrogen) atoms. The minimum Gasteiger partial charge on any atom is -0.458 e. The standard InChI is InChI=1S/C15H18O3/c1-7-4-14-12(9(3)15(17)18-14)5-11-8(2)13(16)6-10(7)11/h7,10,12,14H,3-6H2,1-2H3/t7-,10-,12+,14?/m0/s1. The molecule has 0 aromatic carbocycles. The highest BCUT2D eigenvalue weighted by molar-refractivity contribution is 5.99. The molecule has 0 N–H and O–H groups in total. The van der Waals surface area contributed by atoms with Crippen molar-refractivity contribution >= 4 is 11.8 Å². The van der Waals surface area contributed by atoms with Crippen LogP contribution in [-0.4, -0.2) is 17.9 Å². The van der Waals surface area contributed by atoms with Crippen molar-refractivity contribution in [1.82, 2.24) is 0 Å². The van der Waals surface area contributed by atoms with Gasteiger partial charge in [-0.05, 0) is 37.2 Å². The van der Waals surface area contributed by atoms with Crippen molar-refractivity contribution < 1.29 is 14.3 Å². The first-order chi connectivity index (χ1) is 8.49. The first kappa shape index (κ1) is 11.7. The lowest BCUT2D eigenvalue weighted by molar-refractivity contribution is -0.139. The molecule has 0 amide bonds. The molecular weight excluding hydrogens is 228 g/mol. The number of Topliss-reactive ketones (excluding diaryl/α,β-unsaturated/α-hetero) is 1. The highest BCUT2D eigenvalue weighted by Gasteiger charge is 2.46. The molecule has 3 rings (SSSR count). The van der Waals surface area contributed by atoms with Gasteiger partial charge in [0, 0.05) is 17.9 Å². The summed E-state index contributed by atoms with van der Waals surface area (Å²) in [4.78, 5) is 23.5. The van der Waals surface area contributed by atoms with Crippen LogP contribution >= 0.6 is 0 Å². The average molecular weight is 246 g/mol. The number of hydrogen-bond acceptors (Lipinski definition) is 3. The predicted molar refractivity (Wildman–Crippen MR) is 66.7 cm³/mol. The van der Waals surface area contributed by atoms with Crippen molar-refractivity contribution in [2.75, 3.05) is 0 Å². The molecular formula is C15H18O3. The van der Waals surface area contributed by atoms with Crippen LogP contribution in [0.2, 0.25) is 0 Å². The van der Waals surface area contributed by atoms with Crippen LogP contribution in [0, 0.1) is 17.8 Å². The molecule has 3 nitrogen and oxygen atoms in total. The number of hydrogen-bond donors (Lipinski definition) is 0. The van der Waals surface area contributed by atoms with Gasteiger partial charge in [-0.15, -0.1) is 0 Å². The molecule has 0 aromatic rings. The van der Waals surface area contributed by atoms with Crippen molar-refractivity contribution in [2.45, 2.75) is 39.2 Å². The molecule has 1 aliphatic heterocycles. The summed E-state index contributed by atoms with van der Waals surface area (Å²) in [6.07, 6.45) is 2.25. The first-order valence-electron chi connectivity index (χ1n) is 6.61. The van der Waals surface area contributed by atoms with Crippen molar-refractivity contribution in [3.05, 3.63) is 23.3 Å². The van der Waals surface area contributed by atoms with Crippen molar-refractivity contribution in [3.8, 4) is 0 Å². The van der Waals surface area contributed by atoms with Crippen molar-refractivity contribution in [1.29, 1.82) is 0 Å². The minimum atomic E-state index is -0.252. The first-order valence-corrected chi connectivity index (χ1v) is 6.61. The van der Waals surface area contributed by atoms with Gasteiger partial charge >= 0.3 is 5.97 Å². The summed E-state index contributed by atoms with van der Waals surface area (Å²) >= 11 is 0. The summed E-state index contributed by atoms with van der Waals surface area (Å²) in [5.41, 5.74) is 2.76. The lowest BCUT2D eigenvalue weighted by Crippen LogP contribution is -2.18. The van der Waals surface area contributed by atoms with E-state index < -0.39 is 0 Å². The Morgan fingerprint density at radius 1 is 1.22 bits per heavy atom. The van der Waals surface area contributed by atoms with Crippen LogP contribution in [0.5, 0.6) is 0 Å². The number of ether oxygens (including phenoxy) is 1. The SMILES string of the molecule is C=C1C(=O)OC2C[C@H](C)[C@@H]3CC(=O)C(C)=C3C[C@H]12. The number of allylic oxidation sites excluding steroid dienone is 2. The van der Waals surface area contributed by atoms with Gasteiger partial charge in [-0.2, -0.15) is 0 Å². The fourth-order valence-corrected chi connectivity index (χ4v) is 3.69. The Morgan fingerprint density at radius 3 is 2.67 bits per heavy atom. The highest BCUT2D eigenvalue weighted by Crippen LogP contribution is 2.48. The smallest absolute Gasteiger partial charge is 0.334 e. The van der Waals surface area contributed by atoms with Crippen LogP contribution in [0.3, 0.4) is 0 Å². The fourth-order valence-electron chi connectivity index (χ4n) is 3.69. The van der Waals surface area contributed by atoms with Crippen LogP contribution < -0.4 is 0 Å². The Bertz CT molecular complexity index is 486. The van der Waals surface area contributed by atoms with Gasteiger partial charge in [-0.25, -0.2) is 4.79 Å². The third-order valence-corrected chi connectivity index (χ3v) is 4.90. The maximum Gasteiger partial charge on any atom is 0.334 e. The van der Waals surface area contributed by atoms with E-state index in [1.54, 1.807) is 0 Å². The lowest BCUT2D eigenvalue weighted by Gasteiger charge is -2.19. The summed E-state index contributed by atoms with van der Waals surface area (Å²) in [5.74, 6) is 0.861. The summed E-state index contributed by atoms with van der Waals surface area (Å²) in [6, 6.07) is 0. The van der Waals surface area contributed by atoms with Crippen LogP contribution in [0.1, 0.15) is 33.1 Å². The van der Waals surface area contributed by atoms with E-state index in [0.29, 0.717) is 23.8 Å². The van der Waals surface area contributed by atoms with E-state index in [1.807, 2.05) is 6.92 Å². The second kappa shape index (κ2) is 3.81. The summed E-state index contributed by atoms with van der Waals surface area (Å²) in [6.45, 7) is 7.94. The zero-order valence-corrected chi connectivity index (χ0v) is 10.9. The zero-order chi connectivity index (χ0) is 13.0. The van der Waals surface area contributed by atoms with E-state index >= 15 is 0 Å². The fraction of sp³-hybridized carbons (Fsp3) is 0.600. The third kappa shape index (κ3) is 1.49. The Labute approximate surface area is 107 Å². The molecule has 0 bridgehead atoms. The van der Waals surface area contributed by atoms with Crippen LogP contribution in [0.15, 0.2) is 23.3 Å². The third-order valence-electron chi connectivity index (χ3n) is 4.90. The van der Waals surface area contributed by atoms with Crippen LogP contribution in [0.25, 0.3) is 0 Å². The molecule has 0 aromatic heterocycles. The number of fused-ring (bicyclic) bond motifs is 2. The monoisotopic (exact) mass is 246 g/mol. The van der Waals surface area contributed by atoms with Crippen LogP contribution in [0.4, 0.5) is 0 Å². The quantitative estimate of drug-likeness (QED) is 0.487. The van der Waals surface area contributed by atoms with Gasteiger partial charge < -0.3 is 4.74 Å². The Balaban J connectivity index is 1.99. The largest absolute Gasteiger partial charge is 0.458 e. The molecule has 1 heterocycles. The highest BCUT2D eigenvalue weighted by atomic mass is 16.6. The van der Waals surface area contributed by atoms with E-state index in [2.05, 4.69) is 13.5 Å². The molecule has 2 fully saturated rings. The number of esters is 1. The molecule has 3 heteroatoms. The number of carbonyl (C=O) groups is 2. The van der Waals surface area contributed by atoms with Gasteiger partial charge in [0.05, 0.1) is 0 Å². The van der Waals surface area contributed by atoms with Gasteiger partial charge in [-0.1, -0.05) is 19.1 Å². The molecule has 1 saturated heterocycles. The van der Waals surface area contributed by atoms with E-state index in [9.17, 15) is 9.59 Å². The second-order valence-corrected chi connectivity index (χ2v) is 5.88. The maximum atomic E-state index is 11.9. The van der Waals surface area contributed by atoms with E-state index in [0.717, 1.165) is 18.4 Å². The second-order valence-electron chi connectivity index (χ2n) is 5.88. The van der Waals surface area contributed by atoms with Gasteiger partial charge in [-0.3, -0.25) is 4.79 Å². The van der Waals surface area contributed by atoms with Crippen LogP contribution in [-0.2, 0) is 14.3 Å². The Morgan fingerprint density at radius 2 is 1.94 bits per heavy atom. The Kier molecular flexibility index (Phi) is 2.47. The molecule has 1 saturated carbocycles. The van der Waals surface area contributed by atoms with Gasteiger partial charge in [0.25, 0.3) is 0 Å². The molecule has 2 aliphatic carbocycles. The Hall–Kier alpha value is -1.38. The summed E-state index contributed by atoms with van der Waals surface area (Å²) < 4.78 is 5.41. The van der Waals surface area contributed by atoms with Gasteiger partial charge in [0.1, 0.15) is 6.10 Å². The zero-order valence-electron chi connectivity index (χ0n) is 10.9. The lowest BCUT2D eigenvalue weighted by atomic mass is 9.86. The summed E-state index contributed by atoms with van der Waals surface area (Å²) in [7, 11) is 0. The number of carbonyl (C=O) groups excluding carboxylic acids is 2. The molecule has 1 unspecified atom stereocenters. The molecule has 3 aliphatic rings. The minimum absolute atomic E-state index is 0.0268. The van der Waals surface area contributed by atoms with Crippen molar-refractivity contribution in [2.24, 2.45) is 17.8 Å². The molecule has 0 radical (unpaired) electrons. The van der Waals surface area contributed by atoms with Gasteiger partial charge in [0.15, 0.2) is 5.78 Å². The topological polar surface area (TPSA) is 43.4 Å². The number of ketones is 1. The summed E-state index contributed by atoms with van der Waals surface area (Å²) in [5, 5.41) is 0. The molecule has 4 atom stereocenters. The van der Waals surface area contributed by atoms with E-state index in [1.165, 1.54) is 5.57 Å². The van der Waals surface area contributed by atoms with E-state index in [-0.39, 0.29) is 23.8 Å². The normalized spacial score (nSPS) is 39.6. The van der Waals surface area contributed by atoms with E-state index in [4.69, 9.17) is 4.74 Å². The maximum absolute atomic E-state index is 11.9. The molecule has 96 valence electrons. The van der Waals surface area contributed by atoms with Gasteiger partial charge in [0.2, 0.25) is 0 Å². The molecule has 0 spiro atoms. The average Bonchev–Trinajstić information content (AvgIpc) is 2.68. The van der Waals surface area contributed by atoms with Crippen molar-refractivity contribution in [3.63, 3.8) is 0 Å². The predicted octanol–water partition coefficient (Wildman–Crippen LogP) is 2.42. The number of rotatable bonds is 0.